The van der Waals surface area contributed by atoms with Crippen molar-refractivity contribution in [2.24, 2.45) is 5.92 Å². The first-order valence-corrected chi connectivity index (χ1v) is 8.52. The van der Waals surface area contributed by atoms with Crippen LogP contribution in [0.3, 0.4) is 0 Å². The number of benzene rings is 1. The molecular formula is C19H29FN2O. The van der Waals surface area contributed by atoms with E-state index in [4.69, 9.17) is 5.11 Å². The lowest BCUT2D eigenvalue weighted by molar-refractivity contribution is 0.0825. The van der Waals surface area contributed by atoms with E-state index in [-0.39, 0.29) is 12.4 Å². The highest BCUT2D eigenvalue weighted by Gasteiger charge is 2.29. The molecule has 1 aromatic rings. The largest absolute Gasteiger partial charge is 0.396 e. The van der Waals surface area contributed by atoms with Gasteiger partial charge in [-0.25, -0.2) is 4.39 Å². The van der Waals surface area contributed by atoms with E-state index in [1.807, 2.05) is 0 Å². The molecule has 1 aliphatic rings. The highest BCUT2D eigenvalue weighted by atomic mass is 19.1. The van der Waals surface area contributed by atoms with E-state index in [0.29, 0.717) is 12.0 Å². The Kier molecular flexibility index (Phi) is 7.21. The molecule has 2 atom stereocenters. The fourth-order valence-electron chi connectivity index (χ4n) is 3.49. The quantitative estimate of drug-likeness (QED) is 0.837. The molecular weight excluding hydrogens is 291 g/mol. The summed E-state index contributed by atoms with van der Waals surface area (Å²) >= 11 is 0. The second kappa shape index (κ2) is 9.16. The summed E-state index contributed by atoms with van der Waals surface area (Å²) in [7, 11) is 4.31. The Balaban J connectivity index is 1.87. The van der Waals surface area contributed by atoms with Crippen LogP contribution in [-0.2, 0) is 0 Å². The Morgan fingerprint density at radius 2 is 2.04 bits per heavy atom. The van der Waals surface area contributed by atoms with Gasteiger partial charge < -0.3 is 10.0 Å². The Hall–Kier alpha value is -1.23. The lowest BCUT2D eigenvalue weighted by atomic mass is 9.87. The third-order valence-electron chi connectivity index (χ3n) is 4.72. The van der Waals surface area contributed by atoms with Crippen LogP contribution in [0.2, 0.25) is 0 Å². The van der Waals surface area contributed by atoms with Gasteiger partial charge in [-0.05, 0) is 63.5 Å². The van der Waals surface area contributed by atoms with Crippen LogP contribution in [0.4, 0.5) is 4.39 Å². The van der Waals surface area contributed by atoms with Crippen molar-refractivity contribution in [1.29, 1.82) is 0 Å². The molecule has 2 rings (SSSR count). The van der Waals surface area contributed by atoms with Crippen molar-refractivity contribution >= 4 is 6.08 Å². The minimum atomic E-state index is -0.195. The maximum Gasteiger partial charge on any atom is 0.123 e. The van der Waals surface area contributed by atoms with Gasteiger partial charge in [0.1, 0.15) is 5.82 Å². The zero-order chi connectivity index (χ0) is 16.7. The predicted molar refractivity (Wildman–Crippen MR) is 93.8 cm³/mol. The lowest BCUT2D eigenvalue weighted by Crippen LogP contribution is -2.48. The predicted octanol–water partition coefficient (Wildman–Crippen LogP) is 2.86. The van der Waals surface area contributed by atoms with Gasteiger partial charge >= 0.3 is 0 Å². The molecule has 1 N–H and O–H groups in total. The van der Waals surface area contributed by atoms with Crippen LogP contribution in [-0.4, -0.2) is 61.3 Å². The lowest BCUT2D eigenvalue weighted by Gasteiger charge is -2.41. The van der Waals surface area contributed by atoms with Crippen LogP contribution < -0.4 is 0 Å². The minimum Gasteiger partial charge on any atom is -0.396 e. The Morgan fingerprint density at radius 3 is 2.70 bits per heavy atom. The van der Waals surface area contributed by atoms with Crippen LogP contribution in [0.5, 0.6) is 0 Å². The molecule has 0 aliphatic carbocycles. The topological polar surface area (TPSA) is 26.7 Å². The number of rotatable bonds is 7. The van der Waals surface area contributed by atoms with Crippen molar-refractivity contribution in [2.45, 2.75) is 25.3 Å². The van der Waals surface area contributed by atoms with E-state index >= 15 is 0 Å². The molecule has 0 aromatic heterocycles. The zero-order valence-corrected chi connectivity index (χ0v) is 14.3. The Labute approximate surface area is 139 Å². The van der Waals surface area contributed by atoms with E-state index in [1.54, 1.807) is 12.1 Å². The number of piperidine rings is 1. The maximum atomic E-state index is 12.9. The number of aliphatic hydroxyl groups excluding tert-OH is 1. The number of hydrogen-bond acceptors (Lipinski definition) is 3. The molecule has 23 heavy (non-hydrogen) atoms. The van der Waals surface area contributed by atoms with Crippen LogP contribution in [0.25, 0.3) is 6.08 Å². The highest BCUT2D eigenvalue weighted by Crippen LogP contribution is 2.24. The highest BCUT2D eigenvalue weighted by molar-refractivity contribution is 5.48. The van der Waals surface area contributed by atoms with Crippen LogP contribution in [0.15, 0.2) is 30.3 Å². The molecule has 0 saturated carbocycles. The van der Waals surface area contributed by atoms with Gasteiger partial charge in [0.15, 0.2) is 0 Å². The van der Waals surface area contributed by atoms with E-state index in [0.717, 1.165) is 38.0 Å². The van der Waals surface area contributed by atoms with Crippen molar-refractivity contribution in [3.05, 3.63) is 41.7 Å². The normalized spacial score (nSPS) is 23.0. The Bertz CT molecular complexity index is 487. The van der Waals surface area contributed by atoms with Gasteiger partial charge in [0, 0.05) is 25.7 Å². The summed E-state index contributed by atoms with van der Waals surface area (Å²) < 4.78 is 12.9. The van der Waals surface area contributed by atoms with Crippen LogP contribution in [0.1, 0.15) is 24.8 Å². The van der Waals surface area contributed by atoms with Crippen molar-refractivity contribution in [2.75, 3.05) is 40.3 Å². The zero-order valence-electron chi connectivity index (χ0n) is 14.3. The first-order chi connectivity index (χ1) is 11.1. The van der Waals surface area contributed by atoms with E-state index in [2.05, 4.69) is 36.0 Å². The van der Waals surface area contributed by atoms with Crippen LogP contribution >= 0.6 is 0 Å². The fraction of sp³-hybridized carbons (Fsp3) is 0.579. The maximum absolute atomic E-state index is 12.9. The number of likely N-dealkylation sites (tertiary alicyclic amines) is 1. The molecule has 1 aliphatic heterocycles. The molecule has 0 amide bonds. The average Bonchev–Trinajstić information content (AvgIpc) is 2.54. The number of hydrogen-bond donors (Lipinski definition) is 1. The molecule has 0 radical (unpaired) electrons. The molecule has 1 saturated heterocycles. The summed E-state index contributed by atoms with van der Waals surface area (Å²) in [4.78, 5) is 4.80. The van der Waals surface area contributed by atoms with E-state index in [9.17, 15) is 4.39 Å². The first kappa shape index (κ1) is 18.1. The number of aliphatic hydroxyl groups is 1. The summed E-state index contributed by atoms with van der Waals surface area (Å²) in [6, 6.07) is 7.20. The van der Waals surface area contributed by atoms with Gasteiger partial charge in [0.25, 0.3) is 0 Å². The van der Waals surface area contributed by atoms with E-state index < -0.39 is 0 Å². The van der Waals surface area contributed by atoms with Crippen LogP contribution in [0, 0.1) is 11.7 Å². The standard InChI is InChI=1S/C19H29FN2O/c1-21(2)19-11-13-22(15-17(19)6-4-14-23)12-3-5-16-7-9-18(20)10-8-16/h3,5,7-10,17,19,23H,4,6,11-15H2,1-2H3/b5-3+/t17-,19+/m1/s1. The second-order valence-electron chi connectivity index (χ2n) is 6.66. The number of nitrogens with zero attached hydrogens (tertiary/aromatic N) is 2. The summed E-state index contributed by atoms with van der Waals surface area (Å²) in [5, 5.41) is 9.11. The van der Waals surface area contributed by atoms with Crippen molar-refractivity contribution in [3.8, 4) is 0 Å². The molecule has 0 unspecified atom stereocenters. The molecule has 0 spiro atoms. The molecule has 3 nitrogen and oxygen atoms in total. The van der Waals surface area contributed by atoms with Crippen molar-refractivity contribution in [1.82, 2.24) is 9.80 Å². The summed E-state index contributed by atoms with van der Waals surface area (Å²) in [5.74, 6) is 0.421. The molecule has 0 bridgehead atoms. The smallest absolute Gasteiger partial charge is 0.123 e. The van der Waals surface area contributed by atoms with Crippen molar-refractivity contribution in [3.63, 3.8) is 0 Å². The SMILES string of the molecule is CN(C)[C@H]1CCN(C/C=C/c2ccc(F)cc2)C[C@H]1CCCO. The molecule has 1 fully saturated rings. The number of halogens is 1. The average molecular weight is 320 g/mol. The Morgan fingerprint density at radius 1 is 1.30 bits per heavy atom. The summed E-state index contributed by atoms with van der Waals surface area (Å²) in [6.07, 6.45) is 7.35. The van der Waals surface area contributed by atoms with Gasteiger partial charge in [0.05, 0.1) is 0 Å². The first-order valence-electron chi connectivity index (χ1n) is 8.52. The minimum absolute atomic E-state index is 0.195. The van der Waals surface area contributed by atoms with Gasteiger partial charge in [-0.2, -0.15) is 0 Å². The molecule has 1 heterocycles. The molecule has 4 heteroatoms. The third-order valence-corrected chi connectivity index (χ3v) is 4.72. The molecule has 128 valence electrons. The third kappa shape index (κ3) is 5.72. The van der Waals surface area contributed by atoms with Gasteiger partial charge in [-0.3, -0.25) is 4.90 Å². The van der Waals surface area contributed by atoms with Crippen molar-refractivity contribution < 1.29 is 9.50 Å². The molecule has 1 aromatic carbocycles. The van der Waals surface area contributed by atoms with Gasteiger partial charge in [-0.1, -0.05) is 24.3 Å². The monoisotopic (exact) mass is 320 g/mol. The van der Waals surface area contributed by atoms with E-state index in [1.165, 1.54) is 18.6 Å². The van der Waals surface area contributed by atoms with Gasteiger partial charge in [0.2, 0.25) is 0 Å². The summed E-state index contributed by atoms with van der Waals surface area (Å²) in [6.45, 7) is 3.39. The summed E-state index contributed by atoms with van der Waals surface area (Å²) in [5.41, 5.74) is 1.03. The fourth-order valence-corrected chi connectivity index (χ4v) is 3.49. The van der Waals surface area contributed by atoms with Gasteiger partial charge in [-0.15, -0.1) is 0 Å². The second-order valence-corrected chi connectivity index (χ2v) is 6.66.